The smallest absolute Gasteiger partial charge is 0.310 e. The van der Waals surface area contributed by atoms with Gasteiger partial charge in [-0.15, -0.1) is 0 Å². The van der Waals surface area contributed by atoms with Gasteiger partial charge in [-0.25, -0.2) is 9.97 Å². The Balaban J connectivity index is 1.39. The maximum Gasteiger partial charge on any atom is 0.310 e. The SMILES string of the molecule is C[C@H]1[C@H](C)CC[C@]2(C(=O)O)CC[C@]3(C)C(=CC[C@@H]4[C@@]5(C)Cc6cnc(NCCC(=O)O)nc6C(C)(C)[C@@H]5CC[C@]43C)[C@H]12. The average Bonchev–Trinajstić information content (AvgIpc) is 2.91. The van der Waals surface area contributed by atoms with Crippen LogP contribution in [0.1, 0.15) is 111 Å². The molecule has 0 aliphatic heterocycles. The van der Waals surface area contributed by atoms with Crippen molar-refractivity contribution in [3.05, 3.63) is 29.1 Å². The van der Waals surface area contributed by atoms with Crippen molar-refractivity contribution in [3.8, 4) is 0 Å². The van der Waals surface area contributed by atoms with Crippen LogP contribution in [-0.4, -0.2) is 38.7 Å². The molecule has 7 heteroatoms. The number of hydrogen-bond acceptors (Lipinski definition) is 5. The van der Waals surface area contributed by atoms with E-state index in [1.54, 1.807) is 0 Å². The van der Waals surface area contributed by atoms with E-state index in [0.29, 0.717) is 36.2 Å². The van der Waals surface area contributed by atoms with E-state index in [1.165, 1.54) is 11.1 Å². The third-order valence-corrected chi connectivity index (χ3v) is 14.2. The maximum absolute atomic E-state index is 13.0. The standard InChI is InChI=1S/C35H51N3O4/c1-20-10-14-35(29(41)42)16-15-33(6)23(27(35)21(20)2)8-9-25-32(5)18-22-19-37-30(36-17-12-26(39)40)38-28(22)31(3,4)24(32)11-13-34(25,33)7/h8,19-21,24-25,27H,9-18H2,1-7H3,(H,39,40)(H,41,42)(H,36,37,38)/t20-,21+,24+,25-,27+,32+,33-,34-,35+/m1/s1. The van der Waals surface area contributed by atoms with Crippen molar-refractivity contribution in [2.75, 3.05) is 11.9 Å². The zero-order chi connectivity index (χ0) is 30.5. The third kappa shape index (κ3) is 3.83. The lowest BCUT2D eigenvalue weighted by Crippen LogP contribution is -2.65. The van der Waals surface area contributed by atoms with Crippen LogP contribution in [0.4, 0.5) is 5.95 Å². The molecule has 3 N–H and O–H groups in total. The number of rotatable bonds is 5. The van der Waals surface area contributed by atoms with Crippen LogP contribution in [0.2, 0.25) is 0 Å². The largest absolute Gasteiger partial charge is 0.481 e. The van der Waals surface area contributed by atoms with Gasteiger partial charge in [0, 0.05) is 18.2 Å². The van der Waals surface area contributed by atoms with E-state index in [9.17, 15) is 14.7 Å². The number of carboxylic acids is 2. The zero-order valence-corrected chi connectivity index (χ0v) is 26.7. The van der Waals surface area contributed by atoms with Crippen LogP contribution in [0.5, 0.6) is 0 Å². The molecule has 3 saturated carbocycles. The first-order valence-electron chi connectivity index (χ1n) is 16.4. The van der Waals surface area contributed by atoms with Crippen LogP contribution in [0.25, 0.3) is 0 Å². The summed E-state index contributed by atoms with van der Waals surface area (Å²) in [6.45, 7) is 17.3. The van der Waals surface area contributed by atoms with E-state index in [4.69, 9.17) is 10.1 Å². The second-order valence-electron chi connectivity index (χ2n) is 16.1. The molecule has 0 bridgehead atoms. The predicted octanol–water partition coefficient (Wildman–Crippen LogP) is 7.12. The minimum absolute atomic E-state index is 0.00231. The Hall–Kier alpha value is -2.44. The molecule has 1 aromatic rings. The number of anilines is 1. The number of fused-ring (bicyclic) bond motifs is 8. The summed E-state index contributed by atoms with van der Waals surface area (Å²) in [5, 5.41) is 22.8. The number of aromatic nitrogens is 2. The molecule has 0 unspecified atom stereocenters. The fourth-order valence-corrected chi connectivity index (χ4v) is 11.7. The first-order valence-corrected chi connectivity index (χ1v) is 16.4. The highest BCUT2D eigenvalue weighted by Gasteiger charge is 2.69. The summed E-state index contributed by atoms with van der Waals surface area (Å²) < 4.78 is 0. The number of carbonyl (C=O) groups is 2. The van der Waals surface area contributed by atoms with Gasteiger partial charge in [0.25, 0.3) is 0 Å². The van der Waals surface area contributed by atoms with E-state index >= 15 is 0 Å². The fraction of sp³-hybridized carbons (Fsp3) is 0.771. The highest BCUT2D eigenvalue weighted by Crippen LogP contribution is 2.75. The number of nitrogens with zero attached hydrogens (tertiary/aromatic N) is 2. The minimum atomic E-state index is -0.834. The summed E-state index contributed by atoms with van der Waals surface area (Å²) in [7, 11) is 0. The van der Waals surface area contributed by atoms with Crippen LogP contribution < -0.4 is 5.32 Å². The van der Waals surface area contributed by atoms with Crippen LogP contribution >= 0.6 is 0 Å². The number of allylic oxidation sites excluding steroid dienone is 2. The average molecular weight is 578 g/mol. The van der Waals surface area contributed by atoms with Gasteiger partial charge in [-0.1, -0.05) is 60.1 Å². The van der Waals surface area contributed by atoms with Crippen LogP contribution in [0.3, 0.4) is 0 Å². The van der Waals surface area contributed by atoms with Gasteiger partial charge in [0.05, 0.1) is 17.5 Å². The van der Waals surface area contributed by atoms with Crippen molar-refractivity contribution in [1.29, 1.82) is 0 Å². The maximum atomic E-state index is 13.0. The number of carboxylic acid groups (broad SMARTS) is 2. The van der Waals surface area contributed by atoms with Gasteiger partial charge in [0.15, 0.2) is 0 Å². The van der Waals surface area contributed by atoms with Crippen LogP contribution in [-0.2, 0) is 21.4 Å². The van der Waals surface area contributed by atoms with E-state index < -0.39 is 17.4 Å². The molecular formula is C35H51N3O4. The molecule has 6 rings (SSSR count). The zero-order valence-electron chi connectivity index (χ0n) is 26.7. The Morgan fingerprint density at radius 2 is 1.74 bits per heavy atom. The first kappa shape index (κ1) is 29.6. The highest BCUT2D eigenvalue weighted by molar-refractivity contribution is 5.76. The molecule has 1 heterocycles. The molecule has 0 saturated heterocycles. The summed E-state index contributed by atoms with van der Waals surface area (Å²) in [6, 6.07) is 0. The summed E-state index contributed by atoms with van der Waals surface area (Å²) in [5.41, 5.74) is 3.22. The van der Waals surface area contributed by atoms with Crippen molar-refractivity contribution in [3.63, 3.8) is 0 Å². The highest BCUT2D eigenvalue weighted by atomic mass is 16.4. The van der Waals surface area contributed by atoms with E-state index in [2.05, 4.69) is 64.8 Å². The molecule has 0 aromatic carbocycles. The topological polar surface area (TPSA) is 112 Å². The molecule has 1 aromatic heterocycles. The monoisotopic (exact) mass is 577 g/mol. The Morgan fingerprint density at radius 1 is 1.00 bits per heavy atom. The van der Waals surface area contributed by atoms with E-state index in [1.807, 2.05) is 6.20 Å². The number of hydrogen-bond donors (Lipinski definition) is 3. The van der Waals surface area contributed by atoms with E-state index in [0.717, 1.165) is 57.1 Å². The van der Waals surface area contributed by atoms with Gasteiger partial charge in [-0.2, -0.15) is 0 Å². The van der Waals surface area contributed by atoms with Crippen molar-refractivity contribution < 1.29 is 19.8 Å². The minimum Gasteiger partial charge on any atom is -0.481 e. The molecular weight excluding hydrogens is 526 g/mol. The van der Waals surface area contributed by atoms with Gasteiger partial charge in [-0.3, -0.25) is 9.59 Å². The second-order valence-corrected chi connectivity index (χ2v) is 16.1. The van der Waals surface area contributed by atoms with Crippen LogP contribution in [0, 0.1) is 51.2 Å². The van der Waals surface area contributed by atoms with Gasteiger partial charge in [-0.05, 0) is 103 Å². The second kappa shape index (κ2) is 9.53. The summed E-state index contributed by atoms with van der Waals surface area (Å²) >= 11 is 0. The number of aliphatic carboxylic acids is 2. The molecule has 0 spiro atoms. The normalized spacial score (nSPS) is 43.4. The van der Waals surface area contributed by atoms with Gasteiger partial charge >= 0.3 is 11.9 Å². The fourth-order valence-electron chi connectivity index (χ4n) is 11.7. The van der Waals surface area contributed by atoms with Gasteiger partial charge in [0.2, 0.25) is 5.95 Å². The quantitative estimate of drug-likeness (QED) is 0.319. The molecule has 42 heavy (non-hydrogen) atoms. The van der Waals surface area contributed by atoms with Crippen molar-refractivity contribution in [2.45, 2.75) is 112 Å². The lowest BCUT2D eigenvalue weighted by Gasteiger charge is -2.70. The molecule has 5 aliphatic rings. The molecule has 0 amide bonds. The van der Waals surface area contributed by atoms with Crippen LogP contribution in [0.15, 0.2) is 17.8 Å². The Bertz CT molecular complexity index is 1340. The van der Waals surface area contributed by atoms with Crippen molar-refractivity contribution >= 4 is 17.9 Å². The third-order valence-electron chi connectivity index (χ3n) is 14.2. The molecule has 3 fully saturated rings. The molecule has 230 valence electrons. The first-order chi connectivity index (χ1) is 19.6. The lowest BCUT2D eigenvalue weighted by atomic mass is 9.33. The summed E-state index contributed by atoms with van der Waals surface area (Å²) in [6.07, 6.45) is 12.4. The van der Waals surface area contributed by atoms with Crippen molar-refractivity contribution in [1.82, 2.24) is 9.97 Å². The Kier molecular flexibility index (Phi) is 6.72. The lowest BCUT2D eigenvalue weighted by molar-refractivity contribution is -0.179. The molecule has 5 aliphatic carbocycles. The van der Waals surface area contributed by atoms with Gasteiger partial charge < -0.3 is 15.5 Å². The van der Waals surface area contributed by atoms with Crippen molar-refractivity contribution in [2.24, 2.45) is 51.2 Å². The molecule has 9 atom stereocenters. The summed E-state index contributed by atoms with van der Waals surface area (Å²) in [5.74, 6) is 1.12. The summed E-state index contributed by atoms with van der Waals surface area (Å²) in [4.78, 5) is 33.6. The predicted molar refractivity (Wildman–Crippen MR) is 163 cm³/mol. The molecule has 0 radical (unpaired) electrons. The van der Waals surface area contributed by atoms with Gasteiger partial charge in [0.1, 0.15) is 0 Å². The van der Waals surface area contributed by atoms with E-state index in [-0.39, 0.29) is 34.0 Å². The Morgan fingerprint density at radius 3 is 2.43 bits per heavy atom. The Labute approximate surface area is 251 Å². The molecule has 7 nitrogen and oxygen atoms in total. The number of nitrogens with one attached hydrogen (secondary N) is 1.